The average molecular weight is 220 g/mol. The number of hydrogen-bond donors (Lipinski definition) is 0. The van der Waals surface area contributed by atoms with Crippen molar-refractivity contribution in [1.29, 1.82) is 0 Å². The maximum atomic E-state index is 12.1. The normalized spacial score (nSPS) is 25.9. The Hall–Kier alpha value is -0.850. The molecule has 0 fully saturated rings. The molecule has 0 radical (unpaired) electrons. The van der Waals surface area contributed by atoms with Gasteiger partial charge in [-0.1, -0.05) is 65.8 Å². The summed E-state index contributed by atoms with van der Waals surface area (Å²) in [6, 6.07) is 0. The second-order valence-electron chi connectivity index (χ2n) is 6.80. The fraction of sp³-hybridized carbons (Fsp3) is 0.667. The zero-order valence-electron chi connectivity index (χ0n) is 11.4. The first-order valence-electron chi connectivity index (χ1n) is 6.03. The molecule has 0 aliphatic heterocycles. The molecule has 0 amide bonds. The van der Waals surface area contributed by atoms with Crippen LogP contribution in [0.25, 0.3) is 0 Å². The number of carbonyl (C=O) groups is 1. The lowest BCUT2D eigenvalue weighted by Gasteiger charge is -2.29. The third-order valence-corrected chi connectivity index (χ3v) is 3.09. The minimum atomic E-state index is -0.256. The third kappa shape index (κ3) is 3.07. The van der Waals surface area contributed by atoms with Gasteiger partial charge in [-0.15, -0.1) is 0 Å². The Morgan fingerprint density at radius 3 is 1.62 bits per heavy atom. The Kier molecular flexibility index (Phi) is 3.47. The van der Waals surface area contributed by atoms with Crippen LogP contribution in [-0.4, -0.2) is 5.78 Å². The van der Waals surface area contributed by atoms with E-state index in [1.807, 2.05) is 20.8 Å². The van der Waals surface area contributed by atoms with E-state index in [0.29, 0.717) is 11.7 Å². The van der Waals surface area contributed by atoms with E-state index < -0.39 is 0 Å². The summed E-state index contributed by atoms with van der Waals surface area (Å²) >= 11 is 0. The van der Waals surface area contributed by atoms with Crippen LogP contribution >= 0.6 is 0 Å². The van der Waals surface area contributed by atoms with Crippen LogP contribution in [0.4, 0.5) is 0 Å². The van der Waals surface area contributed by atoms with Gasteiger partial charge in [0, 0.05) is 5.41 Å². The quantitative estimate of drug-likeness (QED) is 0.610. The molecule has 0 heterocycles. The zero-order valence-corrected chi connectivity index (χ0v) is 11.4. The first-order valence-corrected chi connectivity index (χ1v) is 6.03. The van der Waals surface area contributed by atoms with E-state index in [1.54, 1.807) is 0 Å². The minimum Gasteiger partial charge on any atom is -0.298 e. The highest BCUT2D eigenvalue weighted by molar-refractivity contribution is 5.89. The van der Waals surface area contributed by atoms with E-state index >= 15 is 0 Å². The molecular formula is C15H24O. The molecule has 0 aromatic carbocycles. The minimum absolute atomic E-state index is 0.0291. The van der Waals surface area contributed by atoms with Gasteiger partial charge in [0.15, 0.2) is 0 Å². The molecule has 0 atom stereocenters. The molecule has 1 nitrogen and oxygen atoms in total. The van der Waals surface area contributed by atoms with Gasteiger partial charge in [0.05, 0.1) is 5.92 Å². The van der Waals surface area contributed by atoms with Crippen LogP contribution in [0, 0.1) is 22.7 Å². The van der Waals surface area contributed by atoms with Crippen LogP contribution in [0.2, 0.25) is 0 Å². The number of ketones is 1. The Morgan fingerprint density at radius 2 is 1.31 bits per heavy atom. The second kappa shape index (κ2) is 4.20. The lowest BCUT2D eigenvalue weighted by Crippen LogP contribution is -2.28. The maximum absolute atomic E-state index is 12.1. The number of rotatable bonds is 1. The smallest absolute Gasteiger partial charge is 0.148 e. The molecule has 1 aliphatic carbocycles. The fourth-order valence-electron chi connectivity index (χ4n) is 1.86. The van der Waals surface area contributed by atoms with E-state index in [4.69, 9.17) is 0 Å². The topological polar surface area (TPSA) is 17.1 Å². The first kappa shape index (κ1) is 13.2. The summed E-state index contributed by atoms with van der Waals surface area (Å²) in [4.78, 5) is 12.1. The molecule has 0 aromatic rings. The number of carbonyl (C=O) groups excluding carboxylic acids is 1. The molecule has 16 heavy (non-hydrogen) atoms. The molecule has 0 bridgehead atoms. The molecule has 0 saturated carbocycles. The Morgan fingerprint density at radius 1 is 0.875 bits per heavy atom. The van der Waals surface area contributed by atoms with Crippen molar-refractivity contribution < 1.29 is 4.79 Å². The van der Waals surface area contributed by atoms with E-state index in [2.05, 4.69) is 45.1 Å². The Balaban J connectivity index is 2.75. The largest absolute Gasteiger partial charge is 0.298 e. The van der Waals surface area contributed by atoms with Gasteiger partial charge in [-0.25, -0.2) is 0 Å². The molecule has 0 aromatic heterocycles. The molecule has 90 valence electrons. The lowest BCUT2D eigenvalue weighted by molar-refractivity contribution is -0.127. The van der Waals surface area contributed by atoms with Gasteiger partial charge in [-0.2, -0.15) is 0 Å². The molecule has 0 unspecified atom stereocenters. The highest BCUT2D eigenvalue weighted by Crippen LogP contribution is 2.33. The Bertz CT molecular complexity index is 306. The number of allylic oxidation sites excluding steroid dienone is 4. The lowest BCUT2D eigenvalue weighted by atomic mass is 9.75. The zero-order chi connectivity index (χ0) is 12.6. The number of hydrogen-bond acceptors (Lipinski definition) is 1. The maximum Gasteiger partial charge on any atom is 0.148 e. The summed E-state index contributed by atoms with van der Waals surface area (Å²) in [5.74, 6) is 0.711. The number of Topliss-reactive ketones (excluding diaryl/α,β-unsaturated/α-hetero) is 1. The first-order chi connectivity index (χ1) is 7.12. The van der Waals surface area contributed by atoms with Crippen LogP contribution in [0.5, 0.6) is 0 Å². The Labute approximate surface area is 99.6 Å². The molecule has 0 spiro atoms. The van der Waals surface area contributed by atoms with Gasteiger partial charge < -0.3 is 0 Å². The summed E-state index contributed by atoms with van der Waals surface area (Å²) in [5, 5.41) is 0. The van der Waals surface area contributed by atoms with Crippen molar-refractivity contribution in [3.63, 3.8) is 0 Å². The SMILES string of the molecule is CC(C)(C)C(=O)C1C=CC(C(C)(C)C)C=C1. The van der Waals surface area contributed by atoms with Crippen LogP contribution in [0.15, 0.2) is 24.3 Å². The van der Waals surface area contributed by atoms with Gasteiger partial charge in [0.1, 0.15) is 5.78 Å². The second-order valence-corrected chi connectivity index (χ2v) is 6.80. The van der Waals surface area contributed by atoms with E-state index in [-0.39, 0.29) is 16.7 Å². The summed E-state index contributed by atoms with van der Waals surface area (Å²) < 4.78 is 0. The van der Waals surface area contributed by atoms with Crippen molar-refractivity contribution in [2.24, 2.45) is 22.7 Å². The van der Waals surface area contributed by atoms with Gasteiger partial charge in [0.2, 0.25) is 0 Å². The van der Waals surface area contributed by atoms with Crippen molar-refractivity contribution >= 4 is 5.78 Å². The predicted octanol–water partition coefficient (Wildman–Crippen LogP) is 4.01. The molecule has 0 saturated heterocycles. The summed E-state index contributed by atoms with van der Waals surface area (Å²) in [6.07, 6.45) is 8.47. The third-order valence-electron chi connectivity index (χ3n) is 3.09. The van der Waals surface area contributed by atoms with Crippen molar-refractivity contribution in [2.75, 3.05) is 0 Å². The van der Waals surface area contributed by atoms with Gasteiger partial charge >= 0.3 is 0 Å². The molecule has 1 aliphatic rings. The van der Waals surface area contributed by atoms with E-state index in [0.717, 1.165) is 0 Å². The summed E-state index contributed by atoms with van der Waals surface area (Å²) in [6.45, 7) is 12.6. The summed E-state index contributed by atoms with van der Waals surface area (Å²) in [7, 11) is 0. The van der Waals surface area contributed by atoms with Crippen molar-refractivity contribution in [3.05, 3.63) is 24.3 Å². The van der Waals surface area contributed by atoms with Crippen LogP contribution < -0.4 is 0 Å². The fourth-order valence-corrected chi connectivity index (χ4v) is 1.86. The predicted molar refractivity (Wildman–Crippen MR) is 69.2 cm³/mol. The van der Waals surface area contributed by atoms with Gasteiger partial charge in [-0.3, -0.25) is 4.79 Å². The van der Waals surface area contributed by atoms with Gasteiger partial charge in [-0.05, 0) is 11.3 Å². The van der Waals surface area contributed by atoms with E-state index in [9.17, 15) is 4.79 Å². The van der Waals surface area contributed by atoms with Crippen LogP contribution in [-0.2, 0) is 4.79 Å². The van der Waals surface area contributed by atoms with Crippen LogP contribution in [0.3, 0.4) is 0 Å². The van der Waals surface area contributed by atoms with E-state index in [1.165, 1.54) is 0 Å². The summed E-state index contributed by atoms with van der Waals surface area (Å²) in [5.41, 5.74) is -0.0172. The molecular weight excluding hydrogens is 196 g/mol. The van der Waals surface area contributed by atoms with Crippen LogP contribution in [0.1, 0.15) is 41.5 Å². The highest BCUT2D eigenvalue weighted by Gasteiger charge is 2.29. The molecule has 1 heteroatoms. The van der Waals surface area contributed by atoms with Crippen molar-refractivity contribution in [2.45, 2.75) is 41.5 Å². The molecule has 1 rings (SSSR count). The van der Waals surface area contributed by atoms with Crippen molar-refractivity contribution in [1.82, 2.24) is 0 Å². The molecule has 0 N–H and O–H groups in total. The average Bonchev–Trinajstić information content (AvgIpc) is 2.14. The van der Waals surface area contributed by atoms with Crippen molar-refractivity contribution in [3.8, 4) is 0 Å². The van der Waals surface area contributed by atoms with Gasteiger partial charge in [0.25, 0.3) is 0 Å². The highest BCUT2D eigenvalue weighted by atomic mass is 16.1. The standard InChI is InChI=1S/C15H24O/c1-14(2,3)12-9-7-11(8-10-12)13(16)15(4,5)6/h7-12H,1-6H3. The monoisotopic (exact) mass is 220 g/mol.